The van der Waals surface area contributed by atoms with Gasteiger partial charge in [-0.25, -0.2) is 4.79 Å². The van der Waals surface area contributed by atoms with E-state index >= 15 is 0 Å². The zero-order chi connectivity index (χ0) is 19.1. The average Bonchev–Trinajstić information content (AvgIpc) is 3.13. The number of nitrogens with zero attached hydrogens (tertiary/aromatic N) is 3. The third-order valence-electron chi connectivity index (χ3n) is 3.60. The van der Waals surface area contributed by atoms with Crippen LogP contribution in [0.1, 0.15) is 30.6 Å². The van der Waals surface area contributed by atoms with Crippen molar-refractivity contribution in [2.75, 3.05) is 6.54 Å². The molecule has 1 aromatic heterocycles. The van der Waals surface area contributed by atoms with E-state index in [1.807, 2.05) is 13.8 Å². The van der Waals surface area contributed by atoms with Crippen LogP contribution in [0, 0.1) is 5.92 Å². The second-order valence-corrected chi connectivity index (χ2v) is 6.19. The van der Waals surface area contributed by atoms with Crippen molar-refractivity contribution < 1.29 is 19.5 Å². The monoisotopic (exact) mass is 359 g/mol. The largest absolute Gasteiger partial charge is 0.480 e. The molecule has 0 unspecified atom stereocenters. The Morgan fingerprint density at radius 2 is 1.73 bits per heavy atom. The number of carboxylic acids is 1. The molecule has 0 fully saturated rings. The summed E-state index contributed by atoms with van der Waals surface area (Å²) in [7, 11) is 0. The van der Waals surface area contributed by atoms with Crippen LogP contribution in [-0.4, -0.2) is 50.2 Å². The molecule has 138 valence electrons. The van der Waals surface area contributed by atoms with Crippen LogP contribution >= 0.6 is 0 Å². The first-order valence-corrected chi connectivity index (χ1v) is 8.12. The van der Waals surface area contributed by atoms with Gasteiger partial charge in [-0.1, -0.05) is 13.8 Å². The van der Waals surface area contributed by atoms with Crippen LogP contribution in [0.4, 0.5) is 0 Å². The van der Waals surface area contributed by atoms with Crippen LogP contribution in [-0.2, 0) is 9.59 Å². The molecule has 9 heteroatoms. The standard InChI is InChI=1S/C17H21N5O4/c1-11(2)7-14(17(25)26)21-15(23)8-18-16(24)12-3-5-13(6-4-12)22-9-19-20-10-22/h3-6,9-11,14H,7-8H2,1-2H3,(H,18,24)(H,21,23)(H,25,26)/t14-/m0/s1. The van der Waals surface area contributed by atoms with Gasteiger partial charge >= 0.3 is 5.97 Å². The first kappa shape index (κ1) is 19.1. The molecule has 1 aromatic carbocycles. The Morgan fingerprint density at radius 1 is 1.12 bits per heavy atom. The van der Waals surface area contributed by atoms with E-state index < -0.39 is 23.8 Å². The van der Waals surface area contributed by atoms with Gasteiger partial charge in [0.2, 0.25) is 5.91 Å². The highest BCUT2D eigenvalue weighted by Crippen LogP contribution is 2.08. The highest BCUT2D eigenvalue weighted by Gasteiger charge is 2.21. The molecular formula is C17H21N5O4. The van der Waals surface area contributed by atoms with E-state index in [4.69, 9.17) is 5.11 Å². The lowest BCUT2D eigenvalue weighted by molar-refractivity contribution is -0.142. The summed E-state index contributed by atoms with van der Waals surface area (Å²) in [5, 5.41) is 21.4. The SMILES string of the molecule is CC(C)C[C@H](NC(=O)CNC(=O)c1ccc(-n2cnnc2)cc1)C(=O)O. The third-order valence-corrected chi connectivity index (χ3v) is 3.60. The number of aromatic nitrogens is 3. The zero-order valence-corrected chi connectivity index (χ0v) is 14.5. The molecule has 0 spiro atoms. The van der Waals surface area contributed by atoms with Gasteiger partial charge in [0.05, 0.1) is 6.54 Å². The smallest absolute Gasteiger partial charge is 0.326 e. The fraction of sp³-hybridized carbons (Fsp3) is 0.353. The summed E-state index contributed by atoms with van der Waals surface area (Å²) in [6.45, 7) is 3.44. The summed E-state index contributed by atoms with van der Waals surface area (Å²) in [6, 6.07) is 5.70. The van der Waals surface area contributed by atoms with Gasteiger partial charge in [-0.2, -0.15) is 0 Å². The average molecular weight is 359 g/mol. The number of hydrogen-bond acceptors (Lipinski definition) is 5. The highest BCUT2D eigenvalue weighted by molar-refractivity contribution is 5.97. The van der Waals surface area contributed by atoms with Crippen LogP contribution < -0.4 is 10.6 Å². The summed E-state index contributed by atoms with van der Waals surface area (Å²) in [5.74, 6) is -1.95. The molecule has 26 heavy (non-hydrogen) atoms. The Morgan fingerprint density at radius 3 is 2.27 bits per heavy atom. The molecule has 0 aliphatic carbocycles. The molecule has 1 heterocycles. The molecule has 1 atom stereocenters. The van der Waals surface area contributed by atoms with Crippen molar-refractivity contribution in [3.05, 3.63) is 42.5 Å². The van der Waals surface area contributed by atoms with Crippen molar-refractivity contribution in [2.24, 2.45) is 5.92 Å². The van der Waals surface area contributed by atoms with Gasteiger partial charge in [-0.3, -0.25) is 14.2 Å². The predicted molar refractivity (Wildman–Crippen MR) is 92.7 cm³/mol. The van der Waals surface area contributed by atoms with Crippen molar-refractivity contribution in [1.29, 1.82) is 0 Å². The van der Waals surface area contributed by atoms with Gasteiger partial charge in [-0.15, -0.1) is 10.2 Å². The van der Waals surface area contributed by atoms with E-state index in [2.05, 4.69) is 20.8 Å². The van der Waals surface area contributed by atoms with Crippen LogP contribution in [0.2, 0.25) is 0 Å². The Balaban J connectivity index is 1.87. The molecule has 0 saturated heterocycles. The van der Waals surface area contributed by atoms with E-state index in [1.165, 1.54) is 12.7 Å². The Bertz CT molecular complexity index is 756. The number of aliphatic carboxylic acids is 1. The molecule has 2 aromatic rings. The molecule has 3 N–H and O–H groups in total. The predicted octanol–water partition coefficient (Wildman–Crippen LogP) is 0.613. The first-order chi connectivity index (χ1) is 12.4. The van der Waals surface area contributed by atoms with Crippen molar-refractivity contribution >= 4 is 17.8 Å². The lowest BCUT2D eigenvalue weighted by Gasteiger charge is -2.16. The summed E-state index contributed by atoms with van der Waals surface area (Å²) >= 11 is 0. The molecule has 9 nitrogen and oxygen atoms in total. The first-order valence-electron chi connectivity index (χ1n) is 8.12. The Kier molecular flexibility index (Phi) is 6.42. The molecular weight excluding hydrogens is 338 g/mol. The summed E-state index contributed by atoms with van der Waals surface area (Å²) in [4.78, 5) is 35.1. The summed E-state index contributed by atoms with van der Waals surface area (Å²) in [6.07, 6.45) is 3.39. The van der Waals surface area contributed by atoms with Crippen molar-refractivity contribution in [2.45, 2.75) is 26.3 Å². The van der Waals surface area contributed by atoms with E-state index in [1.54, 1.807) is 28.8 Å². The van der Waals surface area contributed by atoms with Crippen LogP contribution in [0.15, 0.2) is 36.9 Å². The Labute approximate surface area is 150 Å². The van der Waals surface area contributed by atoms with Crippen LogP contribution in [0.25, 0.3) is 5.69 Å². The minimum atomic E-state index is -1.09. The Hall–Kier alpha value is -3.23. The summed E-state index contributed by atoms with van der Waals surface area (Å²) < 4.78 is 1.69. The van der Waals surface area contributed by atoms with Gasteiger partial charge < -0.3 is 15.7 Å². The molecule has 0 bridgehead atoms. The van der Waals surface area contributed by atoms with E-state index in [0.29, 0.717) is 12.0 Å². The molecule has 0 saturated carbocycles. The van der Waals surface area contributed by atoms with Crippen LogP contribution in [0.5, 0.6) is 0 Å². The normalized spacial score (nSPS) is 11.8. The van der Waals surface area contributed by atoms with Gasteiger partial charge in [0, 0.05) is 11.3 Å². The molecule has 0 radical (unpaired) electrons. The quantitative estimate of drug-likeness (QED) is 0.634. The number of rotatable bonds is 8. The maximum atomic E-state index is 12.1. The van der Waals surface area contributed by atoms with Crippen molar-refractivity contribution in [3.8, 4) is 5.69 Å². The van der Waals surface area contributed by atoms with Gasteiger partial charge in [-0.05, 0) is 36.6 Å². The lowest BCUT2D eigenvalue weighted by Crippen LogP contribution is -2.46. The summed E-state index contributed by atoms with van der Waals surface area (Å²) in [5.41, 5.74) is 1.17. The van der Waals surface area contributed by atoms with Gasteiger partial charge in [0.15, 0.2) is 0 Å². The minimum Gasteiger partial charge on any atom is -0.480 e. The van der Waals surface area contributed by atoms with Crippen molar-refractivity contribution in [1.82, 2.24) is 25.4 Å². The second-order valence-electron chi connectivity index (χ2n) is 6.19. The number of carbonyl (C=O) groups is 3. The third kappa shape index (κ3) is 5.40. The lowest BCUT2D eigenvalue weighted by atomic mass is 10.0. The zero-order valence-electron chi connectivity index (χ0n) is 14.5. The number of amides is 2. The molecule has 0 aliphatic rings. The number of hydrogen-bond donors (Lipinski definition) is 3. The maximum absolute atomic E-state index is 12.1. The number of benzene rings is 1. The fourth-order valence-corrected chi connectivity index (χ4v) is 2.32. The minimum absolute atomic E-state index is 0.121. The van der Waals surface area contributed by atoms with Crippen LogP contribution in [0.3, 0.4) is 0 Å². The van der Waals surface area contributed by atoms with E-state index in [9.17, 15) is 14.4 Å². The number of nitrogens with one attached hydrogen (secondary N) is 2. The van der Waals surface area contributed by atoms with Gasteiger partial charge in [0.25, 0.3) is 5.91 Å². The molecule has 2 rings (SSSR count). The molecule has 0 aliphatic heterocycles. The maximum Gasteiger partial charge on any atom is 0.326 e. The second kappa shape index (κ2) is 8.75. The van der Waals surface area contributed by atoms with E-state index in [-0.39, 0.29) is 12.5 Å². The topological polar surface area (TPSA) is 126 Å². The number of carbonyl (C=O) groups excluding carboxylic acids is 2. The van der Waals surface area contributed by atoms with E-state index in [0.717, 1.165) is 5.69 Å². The highest BCUT2D eigenvalue weighted by atomic mass is 16.4. The van der Waals surface area contributed by atoms with Gasteiger partial charge in [0.1, 0.15) is 18.7 Å². The number of carboxylic acid groups (broad SMARTS) is 1. The fourth-order valence-electron chi connectivity index (χ4n) is 2.32. The van der Waals surface area contributed by atoms with Crippen molar-refractivity contribution in [3.63, 3.8) is 0 Å². The molecule has 2 amide bonds.